The number of nitrogens with two attached hydrogens (primary N) is 1. The summed E-state index contributed by atoms with van der Waals surface area (Å²) in [5.41, 5.74) is 3.80. The second-order valence-electron chi connectivity index (χ2n) is 25.9. The normalized spacial score (nSPS) is 11.5. The van der Waals surface area contributed by atoms with Crippen LogP contribution in [-0.4, -0.2) is 48.6 Å². The van der Waals surface area contributed by atoms with Crippen LogP contribution < -0.4 is 46.5 Å². The Hall–Kier alpha value is -3.71. The van der Waals surface area contributed by atoms with Gasteiger partial charge in [0.1, 0.15) is 0 Å². The van der Waals surface area contributed by atoms with Gasteiger partial charge in [-0.15, -0.1) is 0 Å². The van der Waals surface area contributed by atoms with E-state index in [2.05, 4.69) is 113 Å². The van der Waals surface area contributed by atoms with Crippen LogP contribution in [0.15, 0.2) is 48.6 Å². The number of carbonyl (C=O) groups excluding carboxylic acids is 4. The summed E-state index contributed by atoms with van der Waals surface area (Å²) >= 11 is 0. The lowest BCUT2D eigenvalue weighted by Gasteiger charge is -2.21. The quantitative estimate of drug-likeness (QED) is 0.0101. The molecule has 0 rings (SSSR count). The van der Waals surface area contributed by atoms with Crippen molar-refractivity contribution in [2.45, 2.75) is 401 Å². The maximum atomic E-state index is 12.4. The SMILES string of the molecule is CCCCCCCC/C=C\CCCCCCCC(=O)NC(NC(=O)CCCCCCC/C=C\CCCCCCCC)=[NH+]CC.CCCCCCCC/C=C\CCCCCCCC(=O)NC(NC(=O)CCCCCCC/C=C\CCCCCCCC)=[NH+]CC.NP(=O)([O-])[O-]. The molecule has 0 aromatic rings. The molecule has 0 saturated carbocycles. The molecule has 0 spiro atoms. The topological polar surface area (TPSA) is 234 Å². The Morgan fingerprint density at radius 1 is 0.280 bits per heavy atom. The second-order valence-corrected chi connectivity index (χ2v) is 27.0. The molecule has 0 radical (unpaired) electrons. The van der Waals surface area contributed by atoms with Crippen molar-refractivity contribution in [1.29, 1.82) is 0 Å². The minimum absolute atomic E-state index is 0.0279. The molecule has 0 aliphatic heterocycles. The van der Waals surface area contributed by atoms with Crippen LogP contribution in [0.1, 0.15) is 401 Å². The predicted octanol–water partition coefficient (Wildman–Crippen LogP) is 17.3. The van der Waals surface area contributed by atoms with Crippen molar-refractivity contribution >= 4 is 43.3 Å². The highest BCUT2D eigenvalue weighted by atomic mass is 31.2. The summed E-state index contributed by atoms with van der Waals surface area (Å²) in [5, 5.41) is 11.5. The fourth-order valence-corrected chi connectivity index (χ4v) is 10.8. The minimum atomic E-state index is -4.64. The Kier molecular flexibility index (Phi) is 79.4. The van der Waals surface area contributed by atoms with Crippen LogP contribution in [0.25, 0.3) is 0 Å². The summed E-state index contributed by atoms with van der Waals surface area (Å²) in [6, 6.07) is 0. The Bertz CT molecular complexity index is 1640. The zero-order chi connectivity index (χ0) is 68.9. The van der Waals surface area contributed by atoms with Gasteiger partial charge in [-0.3, -0.25) is 29.2 Å². The fourth-order valence-electron chi connectivity index (χ4n) is 10.8. The van der Waals surface area contributed by atoms with Crippen molar-refractivity contribution in [3.63, 3.8) is 0 Å². The lowest BCUT2D eigenvalue weighted by molar-refractivity contribution is -0.456. The third-order valence-corrected chi connectivity index (χ3v) is 16.4. The highest BCUT2D eigenvalue weighted by molar-refractivity contribution is 7.46. The summed E-state index contributed by atoms with van der Waals surface area (Å²) in [7, 11) is -4.64. The summed E-state index contributed by atoms with van der Waals surface area (Å²) in [5.74, 6) is 0.755. The Labute approximate surface area is 573 Å². The smallest absolute Gasteiger partial charge is 0.357 e. The van der Waals surface area contributed by atoms with Gasteiger partial charge in [0.25, 0.3) is 23.6 Å². The molecule has 0 aromatic heterocycles. The third kappa shape index (κ3) is 88.3. The van der Waals surface area contributed by atoms with E-state index >= 15 is 0 Å². The summed E-state index contributed by atoms with van der Waals surface area (Å²) < 4.78 is 8.88. The number of hydrogen-bond donors (Lipinski definition) is 7. The Balaban J connectivity index is -0.00000162. The predicted molar refractivity (Wildman–Crippen MR) is 395 cm³/mol. The molecule has 0 unspecified atom stereocenters. The number of amides is 4. The highest BCUT2D eigenvalue weighted by Crippen LogP contribution is 2.15. The number of nitrogens with one attached hydrogen (secondary N) is 6. The summed E-state index contributed by atoms with van der Waals surface area (Å²) in [4.78, 5) is 73.6. The van der Waals surface area contributed by atoms with Gasteiger partial charge >= 0.3 is 11.9 Å². The van der Waals surface area contributed by atoms with Gasteiger partial charge < -0.3 is 19.9 Å². The minimum Gasteiger partial charge on any atom is -0.799 e. The molecule has 14 nitrogen and oxygen atoms in total. The third-order valence-electron chi connectivity index (χ3n) is 16.4. The molecule has 8 N–H and O–H groups in total. The summed E-state index contributed by atoms with van der Waals surface area (Å²) in [6.07, 6.45) is 85.6. The number of hydrogen-bond acceptors (Lipinski definition) is 7. The van der Waals surface area contributed by atoms with E-state index in [-0.39, 0.29) is 23.6 Å². The van der Waals surface area contributed by atoms with Gasteiger partial charge in [0, 0.05) is 25.7 Å². The maximum Gasteiger partial charge on any atom is 0.357 e. The number of allylic oxidation sites excluding steroid dienone is 8. The van der Waals surface area contributed by atoms with Crippen molar-refractivity contribution in [3.05, 3.63) is 48.6 Å². The van der Waals surface area contributed by atoms with Crippen LogP contribution in [-0.2, 0) is 23.7 Å². The molecule has 0 aromatic carbocycles. The lowest BCUT2D eigenvalue weighted by Crippen LogP contribution is -2.80. The summed E-state index contributed by atoms with van der Waals surface area (Å²) in [6.45, 7) is 14.3. The van der Waals surface area contributed by atoms with Crippen LogP contribution in [0.5, 0.6) is 0 Å². The molecule has 0 aliphatic carbocycles. The average Bonchev–Trinajstić information content (AvgIpc) is 3.15. The number of unbranched alkanes of at least 4 members (excludes halogenated alkanes) is 44. The van der Waals surface area contributed by atoms with E-state index < -0.39 is 7.75 Å². The first-order chi connectivity index (χ1) is 45.3. The maximum absolute atomic E-state index is 12.4. The van der Waals surface area contributed by atoms with Crippen LogP contribution in [0, 0.1) is 0 Å². The van der Waals surface area contributed by atoms with Gasteiger partial charge in [-0.1, -0.05) is 282 Å². The average molecular weight is 1330 g/mol. The van der Waals surface area contributed by atoms with Crippen molar-refractivity contribution in [2.75, 3.05) is 13.1 Å². The van der Waals surface area contributed by atoms with E-state index in [0.29, 0.717) is 50.7 Å². The Morgan fingerprint density at radius 2 is 0.419 bits per heavy atom. The lowest BCUT2D eigenvalue weighted by atomic mass is 10.1. The molecular formula is C78H150N7O7P. The highest BCUT2D eigenvalue weighted by Gasteiger charge is 2.18. The van der Waals surface area contributed by atoms with Crippen LogP contribution >= 0.6 is 7.75 Å². The first-order valence-electron chi connectivity index (χ1n) is 39.1. The van der Waals surface area contributed by atoms with Gasteiger partial charge in [-0.05, 0) is 150 Å². The first-order valence-corrected chi connectivity index (χ1v) is 40.7. The van der Waals surface area contributed by atoms with Gasteiger partial charge in [-0.25, -0.2) is 21.3 Å². The zero-order valence-corrected chi connectivity index (χ0v) is 62.4. The molecule has 0 saturated heterocycles. The molecule has 15 heteroatoms. The Morgan fingerprint density at radius 3 is 0.570 bits per heavy atom. The second kappa shape index (κ2) is 79.0. The van der Waals surface area contributed by atoms with E-state index in [1.807, 2.05) is 13.8 Å². The molecule has 4 amide bonds. The molecule has 544 valence electrons. The molecule has 0 heterocycles. The van der Waals surface area contributed by atoms with Gasteiger partial charge in [0.15, 0.2) is 0 Å². The van der Waals surface area contributed by atoms with Crippen molar-refractivity contribution in [2.24, 2.45) is 5.50 Å². The molecule has 93 heavy (non-hydrogen) atoms. The van der Waals surface area contributed by atoms with E-state index in [1.54, 1.807) is 0 Å². The first kappa shape index (κ1) is 93.5. The molecular weight excluding hydrogens is 1180 g/mol. The molecule has 0 aliphatic rings. The van der Waals surface area contributed by atoms with Gasteiger partial charge in [0.2, 0.25) is 0 Å². The number of carbonyl (C=O) groups is 4. The van der Waals surface area contributed by atoms with Crippen LogP contribution in [0.2, 0.25) is 0 Å². The van der Waals surface area contributed by atoms with Crippen molar-refractivity contribution < 1.29 is 43.5 Å². The largest absolute Gasteiger partial charge is 0.799 e. The van der Waals surface area contributed by atoms with Gasteiger partial charge in [0.05, 0.1) is 13.1 Å². The van der Waals surface area contributed by atoms with E-state index in [0.717, 1.165) is 51.4 Å². The standard InChI is InChI=1S/2C39H73N3O2.H4NO3P/c2*1-4-7-9-11-13-15-17-19-21-23-25-27-29-31-33-35-37(43)41-39(40-6-3)42-38(44)36-34-32-30-28-26-24-22-20-18-16-14-12-10-8-5-2;1-5(2,3)4/h2*19-22H,4-18,23-36H2,1-3H3,(H2,40,41,42,43,44);(H4,1,2,3,4)/b2*21-19-,22-20-;. The molecule has 0 atom stereocenters. The van der Waals surface area contributed by atoms with Gasteiger partial charge in [-0.2, -0.15) is 0 Å². The molecule has 0 fully saturated rings. The van der Waals surface area contributed by atoms with E-state index in [1.165, 1.54) is 283 Å². The van der Waals surface area contributed by atoms with E-state index in [4.69, 9.17) is 14.4 Å². The fraction of sp³-hybridized carbons (Fsp3) is 0.821. The number of rotatable bonds is 62. The molecule has 0 bridgehead atoms. The van der Waals surface area contributed by atoms with Crippen molar-refractivity contribution in [3.8, 4) is 0 Å². The monoisotopic (exact) mass is 1330 g/mol. The number of guanidine groups is 2. The van der Waals surface area contributed by atoms with E-state index in [9.17, 15) is 19.2 Å². The van der Waals surface area contributed by atoms with Crippen LogP contribution in [0.4, 0.5) is 0 Å². The van der Waals surface area contributed by atoms with Crippen LogP contribution in [0.3, 0.4) is 0 Å². The van der Waals surface area contributed by atoms with Crippen molar-refractivity contribution in [1.82, 2.24) is 21.3 Å². The zero-order valence-electron chi connectivity index (χ0n) is 61.5.